The number of hydrogen-bond donors (Lipinski definition) is 1. The molecule has 3 aromatic rings. The normalized spacial score (nSPS) is 12.1. The lowest BCUT2D eigenvalue weighted by Gasteiger charge is -2.27. The summed E-state index contributed by atoms with van der Waals surface area (Å²) in [6.07, 6.45) is 0. The minimum absolute atomic E-state index is 0.0905. The van der Waals surface area contributed by atoms with Crippen LogP contribution in [-0.4, -0.2) is 35.1 Å². The van der Waals surface area contributed by atoms with E-state index in [0.717, 1.165) is 9.87 Å². The highest BCUT2D eigenvalue weighted by Gasteiger charge is 2.29. The zero-order valence-electron chi connectivity index (χ0n) is 20.3. The molecule has 9 heteroatoms. The second kappa shape index (κ2) is 11.0. The van der Waals surface area contributed by atoms with Crippen molar-refractivity contribution in [1.82, 2.24) is 5.32 Å². The third kappa shape index (κ3) is 6.07. The summed E-state index contributed by atoms with van der Waals surface area (Å²) in [7, 11) is -0.947. The predicted molar refractivity (Wildman–Crippen MR) is 138 cm³/mol. The second-order valence-electron chi connectivity index (χ2n) is 8.15. The Morgan fingerprint density at radius 2 is 1.69 bits per heavy atom. The highest BCUT2D eigenvalue weighted by atomic mass is 35.5. The molecule has 0 fully saturated rings. The Balaban J connectivity index is 1.95. The number of ether oxygens (including phenoxy) is 2. The van der Waals surface area contributed by atoms with Gasteiger partial charge in [0.15, 0.2) is 0 Å². The summed E-state index contributed by atoms with van der Waals surface area (Å²) in [4.78, 5) is 13.3. The number of methoxy groups -OCH3 is 2. The maximum absolute atomic E-state index is 13.6. The van der Waals surface area contributed by atoms with Crippen LogP contribution < -0.4 is 19.1 Å². The van der Waals surface area contributed by atoms with Gasteiger partial charge in [0.05, 0.1) is 30.8 Å². The third-order valence-electron chi connectivity index (χ3n) is 5.60. The Kier molecular flexibility index (Phi) is 8.30. The Hall–Kier alpha value is -3.23. The highest BCUT2D eigenvalue weighted by Crippen LogP contribution is 2.31. The van der Waals surface area contributed by atoms with E-state index in [1.165, 1.54) is 12.1 Å². The van der Waals surface area contributed by atoms with Crippen LogP contribution >= 0.6 is 11.6 Å². The number of sulfonamides is 1. The summed E-state index contributed by atoms with van der Waals surface area (Å²) < 4.78 is 39.1. The first kappa shape index (κ1) is 26.4. The number of benzene rings is 3. The summed E-state index contributed by atoms with van der Waals surface area (Å²) >= 11 is 6.10. The molecule has 0 aromatic heterocycles. The molecule has 0 bridgehead atoms. The second-order valence-corrected chi connectivity index (χ2v) is 10.5. The number of anilines is 1. The maximum Gasteiger partial charge on any atom is 0.264 e. The Morgan fingerprint density at radius 3 is 2.29 bits per heavy atom. The molecule has 0 spiro atoms. The van der Waals surface area contributed by atoms with Gasteiger partial charge in [-0.25, -0.2) is 8.42 Å². The van der Waals surface area contributed by atoms with Crippen LogP contribution in [0.25, 0.3) is 0 Å². The lowest BCUT2D eigenvalue weighted by atomic mass is 10.1. The van der Waals surface area contributed by atoms with Gasteiger partial charge >= 0.3 is 0 Å². The molecule has 0 aliphatic rings. The number of carbonyl (C=O) groups excluding carboxylic acids is 1. The number of rotatable bonds is 9. The van der Waals surface area contributed by atoms with Gasteiger partial charge in [-0.1, -0.05) is 29.3 Å². The minimum Gasteiger partial charge on any atom is -0.497 e. The van der Waals surface area contributed by atoms with Crippen molar-refractivity contribution in [1.29, 1.82) is 0 Å². The standard InChI is InChI=1S/C26H29ClN2O5S/c1-17-6-10-22(11-7-17)35(31,32)29(24-12-8-20(27)14-18(24)2)16-26(30)28-19(3)23-15-21(33-4)9-13-25(23)34-5/h6-15,19H,16H2,1-5H3,(H,28,30)/t19-/m1/s1. The number of halogens is 1. The van der Waals surface area contributed by atoms with Crippen molar-refractivity contribution in [3.8, 4) is 11.5 Å². The van der Waals surface area contributed by atoms with E-state index in [-0.39, 0.29) is 4.90 Å². The van der Waals surface area contributed by atoms with Crippen molar-refractivity contribution in [2.75, 3.05) is 25.1 Å². The fourth-order valence-corrected chi connectivity index (χ4v) is 5.42. The molecule has 0 unspecified atom stereocenters. The van der Waals surface area contributed by atoms with Gasteiger partial charge in [0.2, 0.25) is 5.91 Å². The van der Waals surface area contributed by atoms with Crippen LogP contribution in [0.15, 0.2) is 65.6 Å². The predicted octanol–water partition coefficient (Wildman–Crippen LogP) is 5.05. The smallest absolute Gasteiger partial charge is 0.264 e. The monoisotopic (exact) mass is 516 g/mol. The van der Waals surface area contributed by atoms with Gasteiger partial charge in [0.1, 0.15) is 18.0 Å². The van der Waals surface area contributed by atoms with E-state index in [1.54, 1.807) is 76.6 Å². The Bertz CT molecular complexity index is 1310. The Morgan fingerprint density at radius 1 is 1.00 bits per heavy atom. The van der Waals surface area contributed by atoms with E-state index < -0.39 is 28.5 Å². The van der Waals surface area contributed by atoms with Crippen LogP contribution in [0.3, 0.4) is 0 Å². The molecule has 35 heavy (non-hydrogen) atoms. The van der Waals surface area contributed by atoms with E-state index in [2.05, 4.69) is 5.32 Å². The average Bonchev–Trinajstić information content (AvgIpc) is 2.82. The summed E-state index contributed by atoms with van der Waals surface area (Å²) in [5.41, 5.74) is 2.63. The molecule has 1 atom stereocenters. The van der Waals surface area contributed by atoms with Crippen molar-refractivity contribution in [3.63, 3.8) is 0 Å². The van der Waals surface area contributed by atoms with Crippen LogP contribution in [0.4, 0.5) is 5.69 Å². The van der Waals surface area contributed by atoms with Gasteiger partial charge in [0.25, 0.3) is 10.0 Å². The number of amides is 1. The van der Waals surface area contributed by atoms with Crippen molar-refractivity contribution < 1.29 is 22.7 Å². The summed E-state index contributed by atoms with van der Waals surface area (Å²) in [6.45, 7) is 5.00. The first-order valence-electron chi connectivity index (χ1n) is 10.9. The number of hydrogen-bond acceptors (Lipinski definition) is 5. The number of nitrogens with one attached hydrogen (secondary N) is 1. The maximum atomic E-state index is 13.6. The molecule has 1 amide bonds. The van der Waals surface area contributed by atoms with E-state index in [1.807, 2.05) is 6.92 Å². The van der Waals surface area contributed by atoms with Gasteiger partial charge in [-0.3, -0.25) is 9.10 Å². The van der Waals surface area contributed by atoms with Crippen LogP contribution in [-0.2, 0) is 14.8 Å². The molecule has 3 rings (SSSR count). The molecule has 1 N–H and O–H groups in total. The van der Waals surface area contributed by atoms with Crippen LogP contribution in [0, 0.1) is 13.8 Å². The molecule has 0 saturated carbocycles. The first-order valence-corrected chi connectivity index (χ1v) is 12.8. The summed E-state index contributed by atoms with van der Waals surface area (Å²) in [6, 6.07) is 16.2. The van der Waals surface area contributed by atoms with Crippen LogP contribution in [0.1, 0.15) is 29.7 Å². The molecule has 0 aliphatic heterocycles. The SMILES string of the molecule is COc1ccc(OC)c([C@@H](C)NC(=O)CN(c2ccc(Cl)cc2C)S(=O)(=O)c2ccc(C)cc2)c1. The summed E-state index contributed by atoms with van der Waals surface area (Å²) in [5, 5.41) is 3.35. The van der Waals surface area contributed by atoms with Crippen LogP contribution in [0.5, 0.6) is 11.5 Å². The van der Waals surface area contributed by atoms with Gasteiger partial charge < -0.3 is 14.8 Å². The van der Waals surface area contributed by atoms with Crippen LogP contribution in [0.2, 0.25) is 5.02 Å². The van der Waals surface area contributed by atoms with Gasteiger partial charge in [-0.15, -0.1) is 0 Å². The largest absolute Gasteiger partial charge is 0.497 e. The molecule has 0 radical (unpaired) electrons. The number of aryl methyl sites for hydroxylation is 2. The molecule has 0 saturated heterocycles. The number of nitrogens with zero attached hydrogens (tertiary/aromatic N) is 1. The van der Waals surface area contributed by atoms with E-state index in [0.29, 0.717) is 33.3 Å². The van der Waals surface area contributed by atoms with Gasteiger partial charge in [-0.05, 0) is 74.9 Å². The first-order chi connectivity index (χ1) is 16.6. The minimum atomic E-state index is -4.04. The van der Waals surface area contributed by atoms with Crippen molar-refractivity contribution >= 4 is 33.2 Å². The summed E-state index contributed by atoms with van der Waals surface area (Å²) in [5.74, 6) is 0.714. The molecular weight excluding hydrogens is 488 g/mol. The number of carbonyl (C=O) groups is 1. The Labute approximate surface area is 211 Å². The molecular formula is C26H29ClN2O5S. The molecule has 7 nitrogen and oxygen atoms in total. The highest BCUT2D eigenvalue weighted by molar-refractivity contribution is 7.92. The molecule has 186 valence electrons. The molecule has 3 aromatic carbocycles. The van der Waals surface area contributed by atoms with E-state index in [4.69, 9.17) is 21.1 Å². The fourth-order valence-electron chi connectivity index (χ4n) is 3.71. The molecule has 0 heterocycles. The van der Waals surface area contributed by atoms with E-state index in [9.17, 15) is 13.2 Å². The van der Waals surface area contributed by atoms with Crippen molar-refractivity contribution in [2.24, 2.45) is 0 Å². The van der Waals surface area contributed by atoms with Crippen molar-refractivity contribution in [3.05, 3.63) is 82.4 Å². The lowest BCUT2D eigenvalue weighted by Crippen LogP contribution is -2.42. The van der Waals surface area contributed by atoms with E-state index >= 15 is 0 Å². The van der Waals surface area contributed by atoms with Gasteiger partial charge in [0, 0.05) is 10.6 Å². The van der Waals surface area contributed by atoms with Gasteiger partial charge in [-0.2, -0.15) is 0 Å². The fraction of sp³-hybridized carbons (Fsp3) is 0.269. The zero-order chi connectivity index (χ0) is 25.8. The third-order valence-corrected chi connectivity index (χ3v) is 7.61. The average molecular weight is 517 g/mol. The molecule has 0 aliphatic carbocycles. The lowest BCUT2D eigenvalue weighted by molar-refractivity contribution is -0.120. The van der Waals surface area contributed by atoms with Crippen molar-refractivity contribution in [2.45, 2.75) is 31.7 Å². The zero-order valence-corrected chi connectivity index (χ0v) is 21.9. The quantitative estimate of drug-likeness (QED) is 0.430. The topological polar surface area (TPSA) is 84.9 Å².